The number of halogens is 1. The van der Waals surface area contributed by atoms with E-state index >= 15 is 0 Å². The van der Waals surface area contributed by atoms with Gasteiger partial charge in [0.15, 0.2) is 0 Å². The van der Waals surface area contributed by atoms with Crippen molar-refractivity contribution in [3.63, 3.8) is 0 Å². The predicted octanol–water partition coefficient (Wildman–Crippen LogP) is 3.06. The molecule has 0 bridgehead atoms. The first-order chi connectivity index (χ1) is 7.53. The third-order valence-electron chi connectivity index (χ3n) is 3.43. The van der Waals surface area contributed by atoms with Gasteiger partial charge in [-0.2, -0.15) is 0 Å². The molecule has 1 aliphatic carbocycles. The number of nitrogens with zero attached hydrogens (tertiary/aromatic N) is 1. The minimum Gasteiger partial charge on any atom is -0.305 e. The van der Waals surface area contributed by atoms with Gasteiger partial charge in [0.1, 0.15) is 5.82 Å². The first-order valence-electron chi connectivity index (χ1n) is 5.90. The highest BCUT2D eigenvalue weighted by Crippen LogP contribution is 2.45. The van der Waals surface area contributed by atoms with E-state index < -0.39 is 0 Å². The van der Waals surface area contributed by atoms with Crippen LogP contribution < -0.4 is 5.32 Å². The Labute approximate surface area is 96.3 Å². The maximum Gasteiger partial charge on any atom is 0.141 e. The number of pyridine rings is 1. The van der Waals surface area contributed by atoms with Crippen molar-refractivity contribution in [2.45, 2.75) is 45.7 Å². The van der Waals surface area contributed by atoms with Crippen LogP contribution in [-0.4, -0.2) is 11.0 Å². The second-order valence-corrected chi connectivity index (χ2v) is 5.27. The quantitative estimate of drug-likeness (QED) is 0.847. The van der Waals surface area contributed by atoms with Gasteiger partial charge in [-0.3, -0.25) is 4.98 Å². The van der Waals surface area contributed by atoms with Gasteiger partial charge in [0, 0.05) is 12.1 Å². The third kappa shape index (κ3) is 2.40. The molecular weight excluding hydrogens is 203 g/mol. The summed E-state index contributed by atoms with van der Waals surface area (Å²) >= 11 is 0. The van der Waals surface area contributed by atoms with E-state index in [1.165, 1.54) is 18.7 Å². The number of hydrogen-bond donors (Lipinski definition) is 1. The number of aromatic nitrogens is 1. The van der Waals surface area contributed by atoms with Crippen LogP contribution in [0.5, 0.6) is 0 Å². The van der Waals surface area contributed by atoms with Crippen molar-refractivity contribution >= 4 is 0 Å². The molecule has 2 nitrogen and oxygen atoms in total. The summed E-state index contributed by atoms with van der Waals surface area (Å²) < 4.78 is 12.8. The molecular formula is C13H19FN2. The second-order valence-electron chi connectivity index (χ2n) is 5.27. The smallest absolute Gasteiger partial charge is 0.141 e. The van der Waals surface area contributed by atoms with Crippen molar-refractivity contribution in [1.29, 1.82) is 0 Å². The van der Waals surface area contributed by atoms with Crippen molar-refractivity contribution in [3.8, 4) is 0 Å². The van der Waals surface area contributed by atoms with Crippen LogP contribution in [0.4, 0.5) is 4.39 Å². The first kappa shape index (κ1) is 11.5. The Balaban J connectivity index is 2.02. The summed E-state index contributed by atoms with van der Waals surface area (Å²) in [6, 6.07) is 4.06. The van der Waals surface area contributed by atoms with Gasteiger partial charge in [-0.05, 0) is 30.4 Å². The molecule has 1 aliphatic rings. The lowest BCUT2D eigenvalue weighted by Crippen LogP contribution is -2.26. The Kier molecular flexibility index (Phi) is 2.98. The highest BCUT2D eigenvalue weighted by Gasteiger charge is 2.46. The molecule has 1 saturated carbocycles. The summed E-state index contributed by atoms with van der Waals surface area (Å²) in [6.45, 7) is 6.64. The van der Waals surface area contributed by atoms with Crippen LogP contribution >= 0.6 is 0 Å². The number of rotatable bonds is 4. The minimum atomic E-state index is -0.273. The standard InChI is InChI=1S/C13H19FN2/c1-4-10(16-12-7-13(12,2)3)11-6-5-9(14)8-15-11/h5-6,8,10,12,16H,4,7H2,1-3H3. The lowest BCUT2D eigenvalue weighted by Gasteiger charge is -2.17. The molecule has 0 radical (unpaired) electrons. The van der Waals surface area contributed by atoms with Gasteiger partial charge in [-0.1, -0.05) is 20.8 Å². The maximum absolute atomic E-state index is 12.8. The van der Waals surface area contributed by atoms with Gasteiger partial charge in [0.25, 0.3) is 0 Å². The normalized spacial score (nSPS) is 24.1. The molecule has 0 aromatic carbocycles. The number of nitrogens with one attached hydrogen (secondary N) is 1. The fourth-order valence-electron chi connectivity index (χ4n) is 2.00. The van der Waals surface area contributed by atoms with Crippen LogP contribution in [0.1, 0.15) is 45.3 Å². The van der Waals surface area contributed by atoms with Crippen LogP contribution in [0.2, 0.25) is 0 Å². The van der Waals surface area contributed by atoms with E-state index in [-0.39, 0.29) is 11.9 Å². The first-order valence-corrected chi connectivity index (χ1v) is 5.90. The molecule has 3 heteroatoms. The van der Waals surface area contributed by atoms with E-state index in [2.05, 4.69) is 31.1 Å². The molecule has 2 unspecified atom stereocenters. The van der Waals surface area contributed by atoms with Gasteiger partial charge < -0.3 is 5.32 Å². The van der Waals surface area contributed by atoms with Crippen LogP contribution in [0.3, 0.4) is 0 Å². The summed E-state index contributed by atoms with van der Waals surface area (Å²) in [5.41, 5.74) is 1.35. The molecule has 1 aromatic heterocycles. The summed E-state index contributed by atoms with van der Waals surface area (Å²) in [6.07, 6.45) is 3.48. The zero-order chi connectivity index (χ0) is 11.8. The molecule has 2 atom stereocenters. The third-order valence-corrected chi connectivity index (χ3v) is 3.43. The van der Waals surface area contributed by atoms with Crippen LogP contribution in [0, 0.1) is 11.2 Å². The van der Waals surface area contributed by atoms with E-state index in [1.54, 1.807) is 6.07 Å². The Morgan fingerprint density at radius 3 is 2.69 bits per heavy atom. The van der Waals surface area contributed by atoms with Crippen LogP contribution in [0.25, 0.3) is 0 Å². The largest absolute Gasteiger partial charge is 0.305 e. The molecule has 1 fully saturated rings. The van der Waals surface area contributed by atoms with Gasteiger partial charge >= 0.3 is 0 Å². The topological polar surface area (TPSA) is 24.9 Å². The molecule has 0 saturated heterocycles. The van der Waals surface area contributed by atoms with Gasteiger partial charge in [0.05, 0.1) is 11.9 Å². The zero-order valence-electron chi connectivity index (χ0n) is 10.1. The Hall–Kier alpha value is -0.960. The molecule has 1 N–H and O–H groups in total. The monoisotopic (exact) mass is 222 g/mol. The molecule has 1 heterocycles. The van der Waals surface area contributed by atoms with Crippen molar-refractivity contribution < 1.29 is 4.39 Å². The van der Waals surface area contributed by atoms with Crippen LogP contribution in [-0.2, 0) is 0 Å². The second kappa shape index (κ2) is 4.13. The highest BCUT2D eigenvalue weighted by molar-refractivity contribution is 5.12. The fraction of sp³-hybridized carbons (Fsp3) is 0.615. The summed E-state index contributed by atoms with van der Waals surface area (Å²) in [5, 5.41) is 3.58. The average molecular weight is 222 g/mol. The predicted molar refractivity (Wildman–Crippen MR) is 62.5 cm³/mol. The molecule has 0 spiro atoms. The highest BCUT2D eigenvalue weighted by atomic mass is 19.1. The summed E-state index contributed by atoms with van der Waals surface area (Å²) in [7, 11) is 0. The summed E-state index contributed by atoms with van der Waals surface area (Å²) in [4.78, 5) is 4.14. The minimum absolute atomic E-state index is 0.243. The maximum atomic E-state index is 12.8. The molecule has 88 valence electrons. The molecule has 1 aromatic rings. The molecule has 2 rings (SSSR count). The van der Waals surface area contributed by atoms with Crippen molar-refractivity contribution in [2.24, 2.45) is 5.41 Å². The lowest BCUT2D eigenvalue weighted by atomic mass is 10.1. The Bertz CT molecular complexity index is 359. The van der Waals surface area contributed by atoms with E-state index in [9.17, 15) is 4.39 Å². The molecule has 0 amide bonds. The van der Waals surface area contributed by atoms with E-state index in [0.717, 1.165) is 12.1 Å². The number of hydrogen-bond acceptors (Lipinski definition) is 2. The molecule has 16 heavy (non-hydrogen) atoms. The average Bonchev–Trinajstić information content (AvgIpc) is 2.84. The van der Waals surface area contributed by atoms with Crippen LogP contribution in [0.15, 0.2) is 18.3 Å². The Morgan fingerprint density at radius 1 is 1.56 bits per heavy atom. The van der Waals surface area contributed by atoms with Crippen molar-refractivity contribution in [1.82, 2.24) is 10.3 Å². The fourth-order valence-corrected chi connectivity index (χ4v) is 2.00. The van der Waals surface area contributed by atoms with E-state index in [0.29, 0.717) is 11.5 Å². The summed E-state index contributed by atoms with van der Waals surface area (Å²) in [5.74, 6) is -0.273. The van der Waals surface area contributed by atoms with Gasteiger partial charge in [-0.15, -0.1) is 0 Å². The van der Waals surface area contributed by atoms with Gasteiger partial charge in [-0.25, -0.2) is 4.39 Å². The zero-order valence-corrected chi connectivity index (χ0v) is 10.1. The molecule has 0 aliphatic heterocycles. The van der Waals surface area contributed by atoms with E-state index in [4.69, 9.17) is 0 Å². The van der Waals surface area contributed by atoms with Crippen molar-refractivity contribution in [3.05, 3.63) is 29.8 Å². The SMILES string of the molecule is CCC(NC1CC1(C)C)c1ccc(F)cn1. The van der Waals surface area contributed by atoms with E-state index in [1.807, 2.05) is 0 Å². The lowest BCUT2D eigenvalue weighted by molar-refractivity contribution is 0.453. The Morgan fingerprint density at radius 2 is 2.25 bits per heavy atom. The van der Waals surface area contributed by atoms with Gasteiger partial charge in [0.2, 0.25) is 0 Å². The van der Waals surface area contributed by atoms with Crippen molar-refractivity contribution in [2.75, 3.05) is 0 Å².